The summed E-state index contributed by atoms with van der Waals surface area (Å²) in [5.74, 6) is 2.53. The van der Waals surface area contributed by atoms with E-state index in [2.05, 4.69) is 47.8 Å². The van der Waals surface area contributed by atoms with Gasteiger partial charge in [0.2, 0.25) is 0 Å². The summed E-state index contributed by atoms with van der Waals surface area (Å²) in [4.78, 5) is 0. The van der Waals surface area contributed by atoms with Crippen LogP contribution in [0.1, 0.15) is 17.5 Å². The Morgan fingerprint density at radius 1 is 1.00 bits per heavy atom. The van der Waals surface area contributed by atoms with Crippen LogP contribution >= 0.6 is 0 Å². The van der Waals surface area contributed by atoms with Gasteiger partial charge in [-0.25, -0.2) is 0 Å². The summed E-state index contributed by atoms with van der Waals surface area (Å²) in [5.41, 5.74) is 2.54. The molecule has 0 aliphatic carbocycles. The molecular weight excluding hydrogens is 338 g/mol. The van der Waals surface area contributed by atoms with Crippen molar-refractivity contribution in [2.75, 3.05) is 20.8 Å². The van der Waals surface area contributed by atoms with Gasteiger partial charge in [0, 0.05) is 18.5 Å². The maximum absolute atomic E-state index is 6.20. The number of benzene rings is 3. The largest absolute Gasteiger partial charge is 0.493 e. The van der Waals surface area contributed by atoms with Crippen molar-refractivity contribution >= 4 is 10.8 Å². The molecule has 4 nitrogen and oxygen atoms in total. The molecular formula is C23H25NO3. The molecule has 27 heavy (non-hydrogen) atoms. The minimum Gasteiger partial charge on any atom is -0.493 e. The molecule has 1 heterocycles. The van der Waals surface area contributed by atoms with E-state index in [1.54, 1.807) is 14.2 Å². The zero-order valence-corrected chi connectivity index (χ0v) is 15.8. The van der Waals surface area contributed by atoms with Crippen molar-refractivity contribution in [2.45, 2.75) is 25.5 Å². The van der Waals surface area contributed by atoms with Crippen molar-refractivity contribution in [3.8, 4) is 17.2 Å². The lowest BCUT2D eigenvalue weighted by Gasteiger charge is -2.28. The molecule has 1 aliphatic heterocycles. The van der Waals surface area contributed by atoms with Crippen LogP contribution in [-0.2, 0) is 12.8 Å². The highest BCUT2D eigenvalue weighted by atomic mass is 16.5. The lowest BCUT2D eigenvalue weighted by atomic mass is 9.97. The molecule has 3 aromatic rings. The Morgan fingerprint density at radius 3 is 2.70 bits per heavy atom. The third-order valence-electron chi connectivity index (χ3n) is 5.16. The Kier molecular flexibility index (Phi) is 5.16. The summed E-state index contributed by atoms with van der Waals surface area (Å²) in [7, 11) is 3.32. The van der Waals surface area contributed by atoms with E-state index >= 15 is 0 Å². The third-order valence-corrected chi connectivity index (χ3v) is 5.16. The molecule has 0 saturated heterocycles. The van der Waals surface area contributed by atoms with Crippen LogP contribution in [0.3, 0.4) is 0 Å². The van der Waals surface area contributed by atoms with E-state index < -0.39 is 0 Å². The van der Waals surface area contributed by atoms with Crippen LogP contribution in [0.4, 0.5) is 0 Å². The van der Waals surface area contributed by atoms with Gasteiger partial charge in [-0.15, -0.1) is 0 Å². The van der Waals surface area contributed by atoms with Gasteiger partial charge in [0.25, 0.3) is 0 Å². The zero-order chi connectivity index (χ0) is 18.6. The topological polar surface area (TPSA) is 39.7 Å². The van der Waals surface area contributed by atoms with E-state index in [9.17, 15) is 0 Å². The normalized spacial score (nSPS) is 15.9. The van der Waals surface area contributed by atoms with Crippen LogP contribution in [0.25, 0.3) is 10.8 Å². The molecule has 140 valence electrons. The van der Waals surface area contributed by atoms with Crippen LogP contribution in [0.5, 0.6) is 17.2 Å². The molecule has 0 radical (unpaired) electrons. The number of ether oxygens (including phenoxy) is 3. The predicted octanol–water partition coefficient (Wildman–Crippen LogP) is 4.34. The van der Waals surface area contributed by atoms with Gasteiger partial charge < -0.3 is 14.2 Å². The number of hydrogen-bond donors (Lipinski definition) is 1. The first-order valence-corrected chi connectivity index (χ1v) is 9.40. The van der Waals surface area contributed by atoms with Crippen molar-refractivity contribution in [3.05, 3.63) is 65.7 Å². The Morgan fingerprint density at radius 2 is 1.85 bits per heavy atom. The second-order valence-electron chi connectivity index (χ2n) is 6.80. The predicted molar refractivity (Wildman–Crippen MR) is 108 cm³/mol. The Hall–Kier alpha value is -2.72. The lowest BCUT2D eigenvalue weighted by molar-refractivity contribution is 0.139. The van der Waals surface area contributed by atoms with E-state index in [4.69, 9.17) is 14.2 Å². The molecule has 0 bridgehead atoms. The highest BCUT2D eigenvalue weighted by Gasteiger charge is 2.20. The van der Waals surface area contributed by atoms with Gasteiger partial charge >= 0.3 is 0 Å². The van der Waals surface area contributed by atoms with Gasteiger partial charge in [-0.1, -0.05) is 36.4 Å². The molecule has 0 amide bonds. The molecule has 0 saturated carbocycles. The molecule has 1 N–H and O–H groups in total. The Balaban J connectivity index is 1.37. The summed E-state index contributed by atoms with van der Waals surface area (Å²) in [6, 6.07) is 18.8. The number of nitrogens with one attached hydrogen (secondary N) is 1. The minimum atomic E-state index is 0.0545. The molecule has 0 spiro atoms. The second-order valence-corrected chi connectivity index (χ2v) is 6.80. The highest BCUT2D eigenvalue weighted by molar-refractivity contribution is 5.87. The SMILES string of the molecule is COc1ccc(CCNC2CCc3c(ccc4ccccc34)O2)cc1OC. The maximum atomic E-state index is 6.20. The number of aryl methyl sites for hydroxylation is 1. The fraction of sp³-hybridized carbons (Fsp3) is 0.304. The quantitative estimate of drug-likeness (QED) is 0.707. The van der Waals surface area contributed by atoms with Crippen molar-refractivity contribution < 1.29 is 14.2 Å². The number of fused-ring (bicyclic) bond motifs is 3. The molecule has 0 aromatic heterocycles. The molecule has 1 atom stereocenters. The number of rotatable bonds is 6. The fourth-order valence-corrected chi connectivity index (χ4v) is 3.73. The molecule has 0 fully saturated rings. The third kappa shape index (κ3) is 3.71. The summed E-state index contributed by atoms with van der Waals surface area (Å²) >= 11 is 0. The van der Waals surface area contributed by atoms with E-state index in [0.29, 0.717) is 0 Å². The molecule has 4 rings (SSSR count). The van der Waals surface area contributed by atoms with E-state index in [-0.39, 0.29) is 6.23 Å². The van der Waals surface area contributed by atoms with Gasteiger partial charge in [0.1, 0.15) is 5.75 Å². The Bertz CT molecular complexity index is 938. The maximum Gasteiger partial charge on any atom is 0.160 e. The standard InChI is InChI=1S/C23H25NO3/c1-25-21-10-7-16(15-22(21)26-2)13-14-24-23-12-9-19-18-6-4-3-5-17(18)8-11-20(19)27-23/h3-8,10-11,15,23-24H,9,12-14H2,1-2H3. The number of methoxy groups -OCH3 is 2. The van der Waals surface area contributed by atoms with Crippen molar-refractivity contribution in [2.24, 2.45) is 0 Å². The van der Waals surface area contributed by atoms with E-state index in [1.165, 1.54) is 21.9 Å². The van der Waals surface area contributed by atoms with Gasteiger partial charge in [-0.3, -0.25) is 5.32 Å². The summed E-state index contributed by atoms with van der Waals surface area (Å²) in [5, 5.41) is 6.11. The Labute approximate surface area is 160 Å². The highest BCUT2D eigenvalue weighted by Crippen LogP contribution is 2.33. The average molecular weight is 363 g/mol. The second kappa shape index (κ2) is 7.89. The first kappa shape index (κ1) is 17.7. The summed E-state index contributed by atoms with van der Waals surface area (Å²) in [6.45, 7) is 0.850. The molecule has 1 aliphatic rings. The van der Waals surface area contributed by atoms with Gasteiger partial charge in [0.05, 0.1) is 14.2 Å². The van der Waals surface area contributed by atoms with Crippen LogP contribution in [-0.4, -0.2) is 27.0 Å². The smallest absolute Gasteiger partial charge is 0.160 e. The lowest BCUT2D eigenvalue weighted by Crippen LogP contribution is -2.38. The van der Waals surface area contributed by atoms with E-state index in [1.807, 2.05) is 12.1 Å². The first-order chi connectivity index (χ1) is 13.3. The zero-order valence-electron chi connectivity index (χ0n) is 15.8. The van der Waals surface area contributed by atoms with Crippen molar-refractivity contribution in [3.63, 3.8) is 0 Å². The van der Waals surface area contributed by atoms with Crippen molar-refractivity contribution in [1.82, 2.24) is 5.32 Å². The fourth-order valence-electron chi connectivity index (χ4n) is 3.73. The van der Waals surface area contributed by atoms with Crippen LogP contribution in [0.15, 0.2) is 54.6 Å². The molecule has 1 unspecified atom stereocenters. The number of hydrogen-bond acceptors (Lipinski definition) is 4. The van der Waals surface area contributed by atoms with Crippen LogP contribution in [0, 0.1) is 0 Å². The summed E-state index contributed by atoms with van der Waals surface area (Å²) < 4.78 is 16.9. The van der Waals surface area contributed by atoms with Crippen LogP contribution in [0.2, 0.25) is 0 Å². The van der Waals surface area contributed by atoms with Gasteiger partial charge in [-0.05, 0) is 47.4 Å². The van der Waals surface area contributed by atoms with Gasteiger partial charge in [0.15, 0.2) is 17.7 Å². The molecule has 3 aromatic carbocycles. The average Bonchev–Trinajstić information content (AvgIpc) is 2.73. The van der Waals surface area contributed by atoms with Crippen LogP contribution < -0.4 is 19.5 Å². The van der Waals surface area contributed by atoms with E-state index in [0.717, 1.165) is 43.1 Å². The summed E-state index contributed by atoms with van der Waals surface area (Å²) in [6.07, 6.45) is 2.97. The van der Waals surface area contributed by atoms with Gasteiger partial charge in [-0.2, -0.15) is 0 Å². The molecule has 4 heteroatoms. The monoisotopic (exact) mass is 363 g/mol. The first-order valence-electron chi connectivity index (χ1n) is 9.40. The minimum absolute atomic E-state index is 0.0545. The van der Waals surface area contributed by atoms with Crippen molar-refractivity contribution in [1.29, 1.82) is 0 Å².